The summed E-state index contributed by atoms with van der Waals surface area (Å²) in [5.41, 5.74) is 2.23. The van der Waals surface area contributed by atoms with Gasteiger partial charge in [-0.2, -0.15) is 0 Å². The lowest BCUT2D eigenvalue weighted by Crippen LogP contribution is -2.40. The van der Waals surface area contributed by atoms with E-state index in [0.29, 0.717) is 13.2 Å². The topological polar surface area (TPSA) is 64.4 Å². The minimum atomic E-state index is 0.0298. The first-order valence-electron chi connectivity index (χ1n) is 8.76. The summed E-state index contributed by atoms with van der Waals surface area (Å²) in [5, 5.41) is 12.1. The van der Waals surface area contributed by atoms with Crippen LogP contribution in [0.25, 0.3) is 0 Å². The van der Waals surface area contributed by atoms with Crippen LogP contribution in [0, 0.1) is 0 Å². The molecule has 1 aromatic carbocycles. The number of hydrogen-bond donors (Lipinski definition) is 1. The molecule has 134 valence electrons. The molecule has 0 radical (unpaired) electrons. The van der Waals surface area contributed by atoms with Gasteiger partial charge in [-0.05, 0) is 19.7 Å². The van der Waals surface area contributed by atoms with E-state index in [2.05, 4.69) is 44.8 Å². The Morgan fingerprint density at radius 2 is 1.96 bits per heavy atom. The van der Waals surface area contributed by atoms with Crippen molar-refractivity contribution in [2.75, 3.05) is 27.3 Å². The summed E-state index contributed by atoms with van der Waals surface area (Å²) in [7, 11) is 4.05. The zero-order valence-corrected chi connectivity index (χ0v) is 14.7. The molecule has 2 fully saturated rings. The van der Waals surface area contributed by atoms with Crippen molar-refractivity contribution in [3.05, 3.63) is 47.8 Å². The third kappa shape index (κ3) is 3.59. The number of nitrogens with zero attached hydrogens (tertiary/aromatic N) is 4. The quantitative estimate of drug-likeness (QED) is 0.838. The Labute approximate surface area is 147 Å². The van der Waals surface area contributed by atoms with Crippen LogP contribution >= 0.6 is 0 Å². The highest BCUT2D eigenvalue weighted by molar-refractivity contribution is 5.14. The fourth-order valence-corrected chi connectivity index (χ4v) is 3.60. The van der Waals surface area contributed by atoms with E-state index in [4.69, 9.17) is 9.47 Å². The van der Waals surface area contributed by atoms with E-state index in [1.807, 2.05) is 31.0 Å². The summed E-state index contributed by atoms with van der Waals surface area (Å²) >= 11 is 0. The zero-order valence-electron chi connectivity index (χ0n) is 14.7. The van der Waals surface area contributed by atoms with Gasteiger partial charge in [0.2, 0.25) is 0 Å². The van der Waals surface area contributed by atoms with Crippen molar-refractivity contribution in [1.29, 1.82) is 0 Å². The summed E-state index contributed by atoms with van der Waals surface area (Å²) in [4.78, 5) is 2.08. The molecule has 7 nitrogen and oxygen atoms in total. The zero-order chi connectivity index (χ0) is 17.2. The molecule has 2 saturated heterocycles. The molecule has 3 heterocycles. The van der Waals surface area contributed by atoms with Gasteiger partial charge in [0.25, 0.3) is 0 Å². The van der Waals surface area contributed by atoms with Crippen molar-refractivity contribution in [1.82, 2.24) is 25.2 Å². The molecule has 0 amide bonds. The molecule has 25 heavy (non-hydrogen) atoms. The molecule has 4 atom stereocenters. The second-order valence-electron chi connectivity index (χ2n) is 7.06. The van der Waals surface area contributed by atoms with Crippen LogP contribution in [0.5, 0.6) is 0 Å². The molecule has 2 aromatic rings. The fraction of sp³-hybridized carbons (Fsp3) is 0.556. The van der Waals surface area contributed by atoms with Crippen LogP contribution in [0.15, 0.2) is 36.5 Å². The van der Waals surface area contributed by atoms with Crippen LogP contribution in [0.2, 0.25) is 0 Å². The second-order valence-corrected chi connectivity index (χ2v) is 7.06. The van der Waals surface area contributed by atoms with Crippen molar-refractivity contribution in [3.8, 4) is 0 Å². The van der Waals surface area contributed by atoms with Crippen LogP contribution in [0.1, 0.15) is 17.3 Å². The Morgan fingerprint density at radius 3 is 2.76 bits per heavy atom. The van der Waals surface area contributed by atoms with Gasteiger partial charge >= 0.3 is 0 Å². The van der Waals surface area contributed by atoms with Crippen LogP contribution in [-0.2, 0) is 22.6 Å². The second kappa shape index (κ2) is 7.21. The molecule has 1 aromatic heterocycles. The van der Waals surface area contributed by atoms with E-state index in [1.54, 1.807) is 0 Å². The Morgan fingerprint density at radius 1 is 1.16 bits per heavy atom. The van der Waals surface area contributed by atoms with E-state index in [0.717, 1.165) is 18.8 Å². The summed E-state index contributed by atoms with van der Waals surface area (Å²) in [6.45, 7) is 2.88. The summed E-state index contributed by atoms with van der Waals surface area (Å²) in [6, 6.07) is 10.7. The van der Waals surface area contributed by atoms with Crippen LogP contribution < -0.4 is 5.32 Å². The van der Waals surface area contributed by atoms with Crippen LogP contribution in [0.4, 0.5) is 0 Å². The first kappa shape index (κ1) is 16.7. The molecule has 0 unspecified atom stereocenters. The van der Waals surface area contributed by atoms with Crippen molar-refractivity contribution >= 4 is 0 Å². The van der Waals surface area contributed by atoms with Gasteiger partial charge in [0, 0.05) is 13.1 Å². The van der Waals surface area contributed by atoms with Gasteiger partial charge in [0.1, 0.15) is 18.2 Å². The summed E-state index contributed by atoms with van der Waals surface area (Å²) in [6.07, 6.45) is 2.10. The molecule has 2 aliphatic rings. The lowest BCUT2D eigenvalue weighted by molar-refractivity contribution is 0.0619. The van der Waals surface area contributed by atoms with Gasteiger partial charge in [0.15, 0.2) is 0 Å². The van der Waals surface area contributed by atoms with Gasteiger partial charge < -0.3 is 19.7 Å². The summed E-state index contributed by atoms with van der Waals surface area (Å²) in [5.74, 6) is 0. The van der Waals surface area contributed by atoms with Gasteiger partial charge in [-0.3, -0.25) is 0 Å². The van der Waals surface area contributed by atoms with E-state index >= 15 is 0 Å². The number of ether oxygens (including phenoxy) is 2. The predicted octanol–water partition coefficient (Wildman–Crippen LogP) is 0.837. The lowest BCUT2D eigenvalue weighted by atomic mass is 10.1. The number of aromatic nitrogens is 3. The standard InChI is InChI=1S/C18H25N5O2/c1-22(2)9-14-10-23(21-20-14)16-12-25-17-15(11-24-18(16)17)19-8-13-6-4-3-5-7-13/h3-7,10,15-19H,8-9,11-12H2,1-2H3/t15-,16+,17-,18+/m0/s1. The average Bonchev–Trinajstić information content (AvgIpc) is 3.30. The number of fused-ring (bicyclic) bond motifs is 1. The van der Waals surface area contributed by atoms with Gasteiger partial charge in [-0.1, -0.05) is 35.5 Å². The average molecular weight is 343 g/mol. The minimum Gasteiger partial charge on any atom is -0.371 e. The fourth-order valence-electron chi connectivity index (χ4n) is 3.60. The number of rotatable bonds is 6. The van der Waals surface area contributed by atoms with Crippen molar-refractivity contribution in [2.45, 2.75) is 37.4 Å². The molecule has 1 N–H and O–H groups in total. The number of benzene rings is 1. The Kier molecular flexibility index (Phi) is 4.80. The first-order valence-corrected chi connectivity index (χ1v) is 8.76. The van der Waals surface area contributed by atoms with E-state index in [-0.39, 0.29) is 24.3 Å². The third-order valence-electron chi connectivity index (χ3n) is 4.81. The maximum absolute atomic E-state index is 6.05. The molecule has 2 aliphatic heterocycles. The normalized spacial score (nSPS) is 28.6. The van der Waals surface area contributed by atoms with Crippen LogP contribution in [-0.4, -0.2) is 65.5 Å². The van der Waals surface area contributed by atoms with Crippen molar-refractivity contribution in [2.24, 2.45) is 0 Å². The highest BCUT2D eigenvalue weighted by atomic mass is 16.6. The number of hydrogen-bond acceptors (Lipinski definition) is 6. The molecular weight excluding hydrogens is 318 g/mol. The molecule has 0 bridgehead atoms. The smallest absolute Gasteiger partial charge is 0.110 e. The molecule has 7 heteroatoms. The number of nitrogens with one attached hydrogen (secondary N) is 1. The van der Waals surface area contributed by atoms with Crippen molar-refractivity contribution < 1.29 is 9.47 Å². The highest BCUT2D eigenvalue weighted by Gasteiger charge is 2.48. The predicted molar refractivity (Wildman–Crippen MR) is 93.0 cm³/mol. The van der Waals surface area contributed by atoms with E-state index in [1.165, 1.54) is 5.56 Å². The lowest BCUT2D eigenvalue weighted by Gasteiger charge is -2.18. The summed E-state index contributed by atoms with van der Waals surface area (Å²) < 4.78 is 14.0. The van der Waals surface area contributed by atoms with E-state index in [9.17, 15) is 0 Å². The SMILES string of the molecule is CN(C)Cc1cn([C@@H]2CO[C@@H]3[C@@H]2OC[C@@H]3NCc2ccccc2)nn1. The minimum absolute atomic E-state index is 0.0298. The Hall–Kier alpha value is -1.80. The third-order valence-corrected chi connectivity index (χ3v) is 4.81. The molecule has 0 spiro atoms. The monoisotopic (exact) mass is 343 g/mol. The molecule has 0 saturated carbocycles. The largest absolute Gasteiger partial charge is 0.371 e. The van der Waals surface area contributed by atoms with E-state index < -0.39 is 0 Å². The van der Waals surface area contributed by atoms with Gasteiger partial charge in [-0.15, -0.1) is 5.10 Å². The van der Waals surface area contributed by atoms with Gasteiger partial charge in [-0.25, -0.2) is 4.68 Å². The van der Waals surface area contributed by atoms with Gasteiger partial charge in [0.05, 0.1) is 31.1 Å². The van der Waals surface area contributed by atoms with Crippen molar-refractivity contribution in [3.63, 3.8) is 0 Å². The maximum Gasteiger partial charge on any atom is 0.110 e. The Balaban J connectivity index is 1.37. The molecular formula is C18H25N5O2. The highest BCUT2D eigenvalue weighted by Crippen LogP contribution is 2.34. The molecule has 0 aliphatic carbocycles. The Bertz CT molecular complexity index is 690. The first-order chi connectivity index (χ1) is 12.2. The molecule has 4 rings (SSSR count). The maximum atomic E-state index is 6.05. The van der Waals surface area contributed by atoms with Crippen LogP contribution in [0.3, 0.4) is 0 Å².